The van der Waals surface area contributed by atoms with Gasteiger partial charge in [0.2, 0.25) is 0 Å². The van der Waals surface area contributed by atoms with Crippen LogP contribution in [0.25, 0.3) is 0 Å². The summed E-state index contributed by atoms with van der Waals surface area (Å²) < 4.78 is 5.47. The maximum absolute atomic E-state index is 10.3. The molecule has 1 rings (SSSR count). The molecular weight excluding hydrogens is 264 g/mol. The van der Waals surface area contributed by atoms with E-state index in [1.165, 1.54) is 12.8 Å². The van der Waals surface area contributed by atoms with Crippen molar-refractivity contribution in [2.24, 2.45) is 0 Å². The van der Waals surface area contributed by atoms with E-state index in [1.807, 2.05) is 0 Å². The Bertz CT molecular complexity index is 380. The van der Waals surface area contributed by atoms with Gasteiger partial charge in [0.05, 0.1) is 0 Å². The van der Waals surface area contributed by atoms with Gasteiger partial charge in [0.1, 0.15) is 5.76 Å². The molecule has 0 amide bonds. The Labute approximate surface area is 128 Å². The van der Waals surface area contributed by atoms with Crippen LogP contribution in [-0.4, -0.2) is 17.2 Å². The van der Waals surface area contributed by atoms with Crippen LogP contribution in [0.3, 0.4) is 0 Å². The minimum Gasteiger partial charge on any atom is -0.483 e. The van der Waals surface area contributed by atoms with Gasteiger partial charge in [-0.3, -0.25) is 4.79 Å². The van der Waals surface area contributed by atoms with Crippen molar-refractivity contribution in [1.29, 1.82) is 0 Å². The predicted octanol–water partition coefficient (Wildman–Crippen LogP) is 5.00. The Morgan fingerprint density at radius 2 is 1.90 bits per heavy atom. The lowest BCUT2D eigenvalue weighted by Crippen LogP contribution is -1.93. The molecule has 1 atom stereocenters. The highest BCUT2D eigenvalue weighted by atomic mass is 16.6. The molecule has 0 aromatic carbocycles. The molecule has 0 aromatic heterocycles. The van der Waals surface area contributed by atoms with E-state index in [1.54, 1.807) is 0 Å². The van der Waals surface area contributed by atoms with Gasteiger partial charge in [-0.2, -0.15) is 0 Å². The number of allylic oxidation sites excluding steroid dienone is 4. The van der Waals surface area contributed by atoms with Crippen molar-refractivity contribution < 1.29 is 14.6 Å². The first-order valence-electron chi connectivity index (χ1n) is 8.14. The second kappa shape index (κ2) is 11.2. The molecule has 0 aromatic rings. The molecule has 0 bridgehead atoms. The van der Waals surface area contributed by atoms with E-state index in [0.717, 1.165) is 44.3 Å². The molecule has 0 spiro atoms. The van der Waals surface area contributed by atoms with Crippen molar-refractivity contribution in [1.82, 2.24) is 0 Å². The minimum absolute atomic E-state index is 0.308. The Morgan fingerprint density at radius 3 is 2.67 bits per heavy atom. The molecule has 21 heavy (non-hydrogen) atoms. The molecule has 0 saturated carbocycles. The zero-order chi connectivity index (χ0) is 15.3. The minimum atomic E-state index is -0.684. The summed E-state index contributed by atoms with van der Waals surface area (Å²) >= 11 is 0. The third-order valence-corrected chi connectivity index (χ3v) is 3.45. The number of ether oxygens (including phenoxy) is 1. The molecule has 1 fully saturated rings. The molecule has 1 heterocycles. The SMILES string of the molecule is CC/C=C\CC1O/C1=C/C=C\CCCCCCCC(=O)O. The number of rotatable bonds is 12. The van der Waals surface area contributed by atoms with Gasteiger partial charge in [0, 0.05) is 12.8 Å². The molecule has 0 aliphatic carbocycles. The van der Waals surface area contributed by atoms with E-state index in [0.29, 0.717) is 12.5 Å². The number of carboxylic acid groups (broad SMARTS) is 1. The molecule has 118 valence electrons. The number of hydrogen-bond donors (Lipinski definition) is 1. The standard InChI is InChI=1S/C18H28O3/c1-2-3-10-13-16-17(21-16)14-11-8-6-4-5-7-9-12-15-18(19)20/h3,8,10-11,14,16H,2,4-7,9,12-13,15H2,1H3,(H,19,20)/b10-3-,11-8-,17-14+. The third kappa shape index (κ3) is 9.94. The summed E-state index contributed by atoms with van der Waals surface area (Å²) in [4.78, 5) is 10.3. The Morgan fingerprint density at radius 1 is 1.14 bits per heavy atom. The summed E-state index contributed by atoms with van der Waals surface area (Å²) in [5.74, 6) is 0.414. The van der Waals surface area contributed by atoms with Gasteiger partial charge in [-0.1, -0.05) is 50.5 Å². The average molecular weight is 292 g/mol. The highest BCUT2D eigenvalue weighted by Gasteiger charge is 2.29. The Kier molecular flexibility index (Phi) is 9.34. The van der Waals surface area contributed by atoms with Gasteiger partial charge in [0.15, 0.2) is 6.10 Å². The summed E-state index contributed by atoms with van der Waals surface area (Å²) in [6.07, 6.45) is 19.8. The fraction of sp³-hybridized carbons (Fsp3) is 0.611. The molecule has 0 radical (unpaired) electrons. The third-order valence-electron chi connectivity index (χ3n) is 3.45. The maximum Gasteiger partial charge on any atom is 0.303 e. The molecule has 1 unspecified atom stereocenters. The molecule has 3 nitrogen and oxygen atoms in total. The lowest BCUT2D eigenvalue weighted by molar-refractivity contribution is -0.137. The fourth-order valence-electron chi connectivity index (χ4n) is 2.16. The maximum atomic E-state index is 10.3. The zero-order valence-corrected chi connectivity index (χ0v) is 13.1. The predicted molar refractivity (Wildman–Crippen MR) is 86.1 cm³/mol. The van der Waals surface area contributed by atoms with Crippen LogP contribution in [0.1, 0.15) is 64.7 Å². The number of aliphatic carboxylic acids is 1. The summed E-state index contributed by atoms with van der Waals surface area (Å²) in [5.41, 5.74) is 0. The van der Waals surface area contributed by atoms with Crippen LogP contribution in [0.15, 0.2) is 36.1 Å². The number of carboxylic acids is 1. The normalized spacial score (nSPS) is 19.5. The largest absolute Gasteiger partial charge is 0.483 e. The van der Waals surface area contributed by atoms with Gasteiger partial charge in [-0.25, -0.2) is 0 Å². The smallest absolute Gasteiger partial charge is 0.303 e. The van der Waals surface area contributed by atoms with Crippen molar-refractivity contribution in [2.45, 2.75) is 70.8 Å². The molecular formula is C18H28O3. The van der Waals surface area contributed by atoms with E-state index in [9.17, 15) is 4.79 Å². The molecule has 1 aliphatic heterocycles. The Balaban J connectivity index is 1.92. The van der Waals surface area contributed by atoms with Crippen LogP contribution >= 0.6 is 0 Å². The van der Waals surface area contributed by atoms with Crippen molar-refractivity contribution in [3.05, 3.63) is 36.1 Å². The summed E-state index contributed by atoms with van der Waals surface area (Å²) in [6, 6.07) is 0. The van der Waals surface area contributed by atoms with Crippen LogP contribution in [-0.2, 0) is 9.53 Å². The van der Waals surface area contributed by atoms with Gasteiger partial charge in [-0.15, -0.1) is 0 Å². The Hall–Kier alpha value is -1.51. The van der Waals surface area contributed by atoms with Crippen LogP contribution in [0.2, 0.25) is 0 Å². The van der Waals surface area contributed by atoms with Crippen LogP contribution in [0.5, 0.6) is 0 Å². The van der Waals surface area contributed by atoms with Crippen LogP contribution in [0.4, 0.5) is 0 Å². The van der Waals surface area contributed by atoms with Crippen molar-refractivity contribution in [3.8, 4) is 0 Å². The number of hydrogen-bond acceptors (Lipinski definition) is 2. The van der Waals surface area contributed by atoms with Gasteiger partial charge in [-0.05, 0) is 31.8 Å². The number of epoxide rings is 1. The summed E-state index contributed by atoms with van der Waals surface area (Å²) in [6.45, 7) is 2.13. The van der Waals surface area contributed by atoms with Gasteiger partial charge < -0.3 is 9.84 Å². The van der Waals surface area contributed by atoms with Gasteiger partial charge >= 0.3 is 5.97 Å². The highest BCUT2D eigenvalue weighted by Crippen LogP contribution is 2.30. The fourth-order valence-corrected chi connectivity index (χ4v) is 2.16. The van der Waals surface area contributed by atoms with Gasteiger partial charge in [0.25, 0.3) is 0 Å². The number of carbonyl (C=O) groups is 1. The molecule has 1 N–H and O–H groups in total. The van der Waals surface area contributed by atoms with Crippen LogP contribution in [0, 0.1) is 0 Å². The van der Waals surface area contributed by atoms with E-state index in [4.69, 9.17) is 9.84 Å². The monoisotopic (exact) mass is 292 g/mol. The van der Waals surface area contributed by atoms with E-state index in [2.05, 4.69) is 37.3 Å². The van der Waals surface area contributed by atoms with Crippen molar-refractivity contribution in [2.75, 3.05) is 0 Å². The van der Waals surface area contributed by atoms with Crippen molar-refractivity contribution >= 4 is 5.97 Å². The lowest BCUT2D eigenvalue weighted by atomic mass is 10.1. The summed E-state index contributed by atoms with van der Waals surface area (Å²) in [7, 11) is 0. The second-order valence-corrected chi connectivity index (χ2v) is 5.42. The quantitative estimate of drug-likeness (QED) is 0.313. The average Bonchev–Trinajstić information content (AvgIpc) is 3.19. The van der Waals surface area contributed by atoms with E-state index < -0.39 is 5.97 Å². The zero-order valence-electron chi connectivity index (χ0n) is 13.1. The molecule has 3 heteroatoms. The lowest BCUT2D eigenvalue weighted by Gasteiger charge is -1.97. The molecule has 1 saturated heterocycles. The van der Waals surface area contributed by atoms with E-state index >= 15 is 0 Å². The highest BCUT2D eigenvalue weighted by molar-refractivity contribution is 5.66. The van der Waals surface area contributed by atoms with E-state index in [-0.39, 0.29) is 0 Å². The molecule has 1 aliphatic rings. The second-order valence-electron chi connectivity index (χ2n) is 5.42. The topological polar surface area (TPSA) is 49.8 Å². The van der Waals surface area contributed by atoms with Crippen molar-refractivity contribution in [3.63, 3.8) is 0 Å². The number of unbranched alkanes of at least 4 members (excludes halogenated alkanes) is 5. The van der Waals surface area contributed by atoms with Crippen LogP contribution < -0.4 is 0 Å². The first-order chi connectivity index (χ1) is 10.2. The first kappa shape index (κ1) is 17.5. The first-order valence-corrected chi connectivity index (χ1v) is 8.14. The summed E-state index contributed by atoms with van der Waals surface area (Å²) in [5, 5.41) is 8.51.